The van der Waals surface area contributed by atoms with Gasteiger partial charge in [-0.25, -0.2) is 15.0 Å². The number of aromatic nitrogens is 4. The molecule has 36 heavy (non-hydrogen) atoms. The number of carbonyl (C=O) groups excluding carboxylic acids is 1. The fourth-order valence-electron chi connectivity index (χ4n) is 6.11. The SMILES string of the molecule is C#Cc1cc2c(cn1)-c1c(C3=CC[C@@H](C(=O)N4CCC[C@H]4C#N)CC3)c3c(N)ncnc3n1CCC2. The number of likely N-dealkylation sites (tertiary alicyclic amines) is 1. The van der Waals surface area contributed by atoms with Gasteiger partial charge in [0, 0.05) is 36.3 Å². The Hall–Kier alpha value is -4.17. The number of hydrogen-bond donors (Lipinski definition) is 1. The molecule has 2 N–H and O–H groups in total. The van der Waals surface area contributed by atoms with Gasteiger partial charge in [-0.15, -0.1) is 6.42 Å². The number of carbonyl (C=O) groups is 1. The summed E-state index contributed by atoms with van der Waals surface area (Å²) < 4.78 is 2.24. The number of pyridine rings is 1. The van der Waals surface area contributed by atoms with Crippen molar-refractivity contribution in [3.05, 3.63) is 41.5 Å². The lowest BCUT2D eigenvalue weighted by atomic mass is 9.84. The predicted molar refractivity (Wildman–Crippen MR) is 137 cm³/mol. The molecule has 8 nitrogen and oxygen atoms in total. The van der Waals surface area contributed by atoms with Gasteiger partial charge in [0.15, 0.2) is 0 Å². The van der Waals surface area contributed by atoms with E-state index >= 15 is 0 Å². The van der Waals surface area contributed by atoms with Crippen LogP contribution < -0.4 is 5.73 Å². The molecule has 5 heterocycles. The highest BCUT2D eigenvalue weighted by Gasteiger charge is 2.35. The number of aryl methyl sites for hydroxylation is 2. The number of terminal acetylenes is 1. The number of anilines is 1. The van der Waals surface area contributed by atoms with E-state index in [1.807, 2.05) is 12.3 Å². The van der Waals surface area contributed by atoms with Crippen LogP contribution in [0.2, 0.25) is 0 Å². The van der Waals surface area contributed by atoms with E-state index in [1.54, 1.807) is 4.90 Å². The molecule has 0 radical (unpaired) electrons. The third-order valence-corrected chi connectivity index (χ3v) is 7.86. The third kappa shape index (κ3) is 3.45. The lowest BCUT2D eigenvalue weighted by Gasteiger charge is -2.28. The molecule has 0 unspecified atom stereocenters. The number of nitrogens with zero attached hydrogens (tertiary/aromatic N) is 6. The van der Waals surface area contributed by atoms with Crippen LogP contribution in [-0.4, -0.2) is 42.9 Å². The van der Waals surface area contributed by atoms with Crippen molar-refractivity contribution in [2.75, 3.05) is 12.3 Å². The third-order valence-electron chi connectivity index (χ3n) is 7.86. The molecule has 3 aromatic heterocycles. The van der Waals surface area contributed by atoms with Crippen LogP contribution in [0, 0.1) is 29.6 Å². The van der Waals surface area contributed by atoms with Gasteiger partial charge in [-0.1, -0.05) is 12.0 Å². The van der Waals surface area contributed by atoms with Gasteiger partial charge in [-0.05, 0) is 62.1 Å². The summed E-state index contributed by atoms with van der Waals surface area (Å²) in [5, 5.41) is 10.3. The van der Waals surface area contributed by atoms with Crippen LogP contribution in [0.4, 0.5) is 5.82 Å². The zero-order valence-electron chi connectivity index (χ0n) is 20.1. The second-order valence-corrected chi connectivity index (χ2v) is 9.83. The Morgan fingerprint density at radius 1 is 1.17 bits per heavy atom. The summed E-state index contributed by atoms with van der Waals surface area (Å²) >= 11 is 0. The van der Waals surface area contributed by atoms with Crippen LogP contribution in [0.1, 0.15) is 55.3 Å². The van der Waals surface area contributed by atoms with Crippen LogP contribution in [0.3, 0.4) is 0 Å². The van der Waals surface area contributed by atoms with E-state index in [2.05, 4.69) is 37.6 Å². The summed E-state index contributed by atoms with van der Waals surface area (Å²) in [6, 6.07) is 4.01. The van der Waals surface area contributed by atoms with Crippen LogP contribution in [-0.2, 0) is 17.8 Å². The Bertz CT molecular complexity index is 1500. The maximum Gasteiger partial charge on any atom is 0.227 e. The minimum atomic E-state index is -0.289. The Balaban J connectivity index is 1.45. The highest BCUT2D eigenvalue weighted by molar-refractivity contribution is 6.04. The molecule has 0 spiro atoms. The standard InChI is InChI=1S/C28H27N7O/c1-2-20-13-19-5-3-12-35-25(22(19)15-31-20)23(24-26(30)32-16-33-27(24)35)17-7-9-18(10-8-17)28(36)34-11-4-6-21(34)14-29/h1,7,13,15-16,18,21H,3-6,8-12H2,(H2,30,32,33)/t18-,21+/m1/s1. The number of allylic oxidation sites excluding steroid dienone is 2. The lowest BCUT2D eigenvalue weighted by Crippen LogP contribution is -2.39. The molecule has 6 rings (SSSR count). The highest BCUT2D eigenvalue weighted by Crippen LogP contribution is 2.45. The van der Waals surface area contributed by atoms with Gasteiger partial charge in [0.25, 0.3) is 0 Å². The van der Waals surface area contributed by atoms with Crippen LogP contribution >= 0.6 is 0 Å². The first-order valence-corrected chi connectivity index (χ1v) is 12.6. The first-order valence-electron chi connectivity index (χ1n) is 12.6. The first kappa shape index (κ1) is 22.3. The van der Waals surface area contributed by atoms with Gasteiger partial charge in [-0.3, -0.25) is 4.79 Å². The summed E-state index contributed by atoms with van der Waals surface area (Å²) in [7, 11) is 0. The number of amides is 1. The molecule has 2 aliphatic heterocycles. The van der Waals surface area contributed by atoms with Crippen molar-refractivity contribution in [2.45, 2.75) is 57.5 Å². The molecule has 0 saturated carbocycles. The van der Waals surface area contributed by atoms with Crippen LogP contribution in [0.25, 0.3) is 27.9 Å². The average molecular weight is 478 g/mol. The van der Waals surface area contributed by atoms with Crippen molar-refractivity contribution in [1.82, 2.24) is 24.4 Å². The average Bonchev–Trinajstić information content (AvgIpc) is 3.47. The smallest absolute Gasteiger partial charge is 0.227 e. The molecule has 1 fully saturated rings. The van der Waals surface area contributed by atoms with E-state index in [9.17, 15) is 10.1 Å². The van der Waals surface area contributed by atoms with Crippen molar-refractivity contribution in [3.8, 4) is 29.7 Å². The number of rotatable bonds is 2. The quantitative estimate of drug-likeness (QED) is 0.563. The van der Waals surface area contributed by atoms with E-state index in [1.165, 1.54) is 11.9 Å². The number of nitrogens with two attached hydrogens (primary N) is 1. The van der Waals surface area contributed by atoms with Crippen molar-refractivity contribution in [3.63, 3.8) is 0 Å². The Kier molecular flexibility index (Phi) is 5.45. The summed E-state index contributed by atoms with van der Waals surface area (Å²) in [6.07, 6.45) is 16.9. The van der Waals surface area contributed by atoms with Crippen molar-refractivity contribution >= 4 is 28.3 Å². The van der Waals surface area contributed by atoms with Crippen LogP contribution in [0.5, 0.6) is 0 Å². The summed E-state index contributed by atoms with van der Waals surface area (Å²) in [5.74, 6) is 3.11. The monoisotopic (exact) mass is 477 g/mol. The second kappa shape index (κ2) is 8.80. The molecule has 0 bridgehead atoms. The molecule has 1 saturated heterocycles. The van der Waals surface area contributed by atoms with E-state index < -0.39 is 0 Å². The highest BCUT2D eigenvalue weighted by atomic mass is 16.2. The molecule has 2 atom stereocenters. The molecule has 180 valence electrons. The fourth-order valence-corrected chi connectivity index (χ4v) is 6.11. The topological polar surface area (TPSA) is 114 Å². The van der Waals surface area contributed by atoms with E-state index in [-0.39, 0.29) is 17.9 Å². The molecule has 1 aliphatic carbocycles. The molecule has 3 aliphatic rings. The van der Waals surface area contributed by atoms with Crippen molar-refractivity contribution in [1.29, 1.82) is 5.26 Å². The number of fused-ring (bicyclic) bond motifs is 5. The predicted octanol–water partition coefficient (Wildman–Crippen LogP) is 3.70. The van der Waals surface area contributed by atoms with Gasteiger partial charge < -0.3 is 15.2 Å². The number of nitriles is 1. The van der Waals surface area contributed by atoms with E-state index in [4.69, 9.17) is 12.2 Å². The summed E-state index contributed by atoms with van der Waals surface area (Å²) in [5.41, 5.74) is 13.4. The van der Waals surface area contributed by atoms with Gasteiger partial charge in [0.1, 0.15) is 29.5 Å². The van der Waals surface area contributed by atoms with E-state index in [0.29, 0.717) is 24.5 Å². The molecular formula is C28H27N7O. The zero-order valence-corrected chi connectivity index (χ0v) is 20.1. The lowest BCUT2D eigenvalue weighted by molar-refractivity contribution is -0.135. The minimum absolute atomic E-state index is 0.101. The van der Waals surface area contributed by atoms with Gasteiger partial charge >= 0.3 is 0 Å². The molecular weight excluding hydrogens is 450 g/mol. The maximum absolute atomic E-state index is 13.2. The Labute approximate surface area is 209 Å². The minimum Gasteiger partial charge on any atom is -0.383 e. The second-order valence-electron chi connectivity index (χ2n) is 9.83. The fraction of sp³-hybridized carbons (Fsp3) is 0.393. The van der Waals surface area contributed by atoms with Crippen molar-refractivity contribution in [2.24, 2.45) is 5.92 Å². The first-order chi connectivity index (χ1) is 17.6. The van der Waals surface area contributed by atoms with Gasteiger partial charge in [0.2, 0.25) is 5.91 Å². The van der Waals surface area contributed by atoms with Gasteiger partial charge in [0.05, 0.1) is 17.1 Å². The van der Waals surface area contributed by atoms with Gasteiger partial charge in [-0.2, -0.15) is 5.26 Å². The largest absolute Gasteiger partial charge is 0.383 e. The number of nitrogen functional groups attached to an aromatic ring is 1. The molecule has 0 aromatic carbocycles. The summed E-state index contributed by atoms with van der Waals surface area (Å²) in [6.45, 7) is 1.49. The Morgan fingerprint density at radius 3 is 2.83 bits per heavy atom. The maximum atomic E-state index is 13.2. The van der Waals surface area contributed by atoms with E-state index in [0.717, 1.165) is 78.5 Å². The number of hydrogen-bond acceptors (Lipinski definition) is 6. The molecule has 8 heteroatoms. The van der Waals surface area contributed by atoms with Crippen LogP contribution in [0.15, 0.2) is 24.7 Å². The summed E-state index contributed by atoms with van der Waals surface area (Å²) in [4.78, 5) is 28.4. The zero-order chi connectivity index (χ0) is 24.8. The normalized spacial score (nSPS) is 21.2. The molecule has 1 amide bonds. The Morgan fingerprint density at radius 2 is 2.06 bits per heavy atom. The van der Waals surface area contributed by atoms with Crippen molar-refractivity contribution < 1.29 is 4.79 Å². The molecule has 3 aromatic rings.